The maximum Gasteiger partial charge on any atom is 0.235 e. The van der Waals surface area contributed by atoms with Crippen molar-refractivity contribution in [2.24, 2.45) is 0 Å². The SMILES string of the molecule is c1ccc(-n2c3ccc4oc5ccccc5c4c3c3ccc4c(c5ccccc5n4-c4nc5c6c(cccc6n4)Oc4ccccc4-5)c32)cc1. The molecule has 0 saturated heterocycles. The summed E-state index contributed by atoms with van der Waals surface area (Å²) >= 11 is 0. The molecule has 4 aromatic heterocycles. The average molecular weight is 641 g/mol. The first kappa shape index (κ1) is 26.1. The van der Waals surface area contributed by atoms with E-state index in [1.807, 2.05) is 48.5 Å². The summed E-state index contributed by atoms with van der Waals surface area (Å²) in [5.41, 5.74) is 9.90. The molecule has 50 heavy (non-hydrogen) atoms. The molecule has 0 fully saturated rings. The van der Waals surface area contributed by atoms with Gasteiger partial charge in [0, 0.05) is 43.6 Å². The lowest BCUT2D eigenvalue weighted by atomic mass is 10.0. The van der Waals surface area contributed by atoms with E-state index in [1.165, 1.54) is 10.8 Å². The molecule has 7 aromatic carbocycles. The standard InChI is InChI=1S/C44H24N4O2/c1-2-11-25(12-3-1)47-32-23-24-37-40(27-14-5-8-18-34(27)49-37)38(32)29-21-22-33-39(43(29)47)26-13-4-7-17-31(26)48(33)44-45-30-16-10-20-36-41(30)42(46-44)28-15-6-9-19-35(28)50-36/h1-24H. The predicted octanol–water partition coefficient (Wildman–Crippen LogP) is 11.5. The first-order chi connectivity index (χ1) is 24.8. The zero-order chi connectivity index (χ0) is 32.5. The van der Waals surface area contributed by atoms with Crippen LogP contribution in [-0.4, -0.2) is 19.1 Å². The van der Waals surface area contributed by atoms with Crippen molar-refractivity contribution in [1.82, 2.24) is 19.1 Å². The fourth-order valence-corrected chi connectivity index (χ4v) is 8.31. The molecule has 5 heterocycles. The van der Waals surface area contributed by atoms with Gasteiger partial charge in [0.1, 0.15) is 22.7 Å². The minimum Gasteiger partial charge on any atom is -0.456 e. The van der Waals surface area contributed by atoms with Crippen LogP contribution in [-0.2, 0) is 0 Å². The van der Waals surface area contributed by atoms with E-state index in [0.29, 0.717) is 5.95 Å². The quantitative estimate of drug-likeness (QED) is 0.189. The predicted molar refractivity (Wildman–Crippen MR) is 201 cm³/mol. The van der Waals surface area contributed by atoms with Gasteiger partial charge in [-0.3, -0.25) is 4.57 Å². The van der Waals surface area contributed by atoms with E-state index >= 15 is 0 Å². The number of para-hydroxylation sites is 4. The molecule has 11 aromatic rings. The minimum absolute atomic E-state index is 0.623. The lowest BCUT2D eigenvalue weighted by molar-refractivity contribution is 0.486. The molecule has 0 saturated carbocycles. The smallest absolute Gasteiger partial charge is 0.235 e. The maximum absolute atomic E-state index is 6.40. The van der Waals surface area contributed by atoms with Crippen LogP contribution in [0.1, 0.15) is 0 Å². The Hall–Kier alpha value is -6.92. The van der Waals surface area contributed by atoms with E-state index in [-0.39, 0.29) is 0 Å². The summed E-state index contributed by atoms with van der Waals surface area (Å²) in [6.07, 6.45) is 0. The van der Waals surface area contributed by atoms with Gasteiger partial charge in [-0.25, -0.2) is 9.97 Å². The second kappa shape index (κ2) is 9.36. The van der Waals surface area contributed by atoms with Crippen molar-refractivity contribution in [2.75, 3.05) is 0 Å². The van der Waals surface area contributed by atoms with Crippen LogP contribution >= 0.6 is 0 Å². The van der Waals surface area contributed by atoms with Gasteiger partial charge in [0.05, 0.1) is 38.7 Å². The van der Waals surface area contributed by atoms with Crippen molar-refractivity contribution < 1.29 is 9.15 Å². The largest absolute Gasteiger partial charge is 0.456 e. The Kier molecular flexibility index (Phi) is 4.89. The molecule has 0 N–H and O–H groups in total. The molecule has 0 aliphatic carbocycles. The van der Waals surface area contributed by atoms with Crippen LogP contribution in [0.25, 0.3) is 99.3 Å². The van der Waals surface area contributed by atoms with E-state index in [0.717, 1.165) is 94.1 Å². The Morgan fingerprint density at radius 3 is 2.14 bits per heavy atom. The lowest BCUT2D eigenvalue weighted by Gasteiger charge is -2.20. The first-order valence-electron chi connectivity index (χ1n) is 16.8. The van der Waals surface area contributed by atoms with Crippen molar-refractivity contribution in [3.63, 3.8) is 0 Å². The number of nitrogens with zero attached hydrogens (tertiary/aromatic N) is 4. The average Bonchev–Trinajstić information content (AvgIpc) is 3.82. The third-order valence-corrected chi connectivity index (χ3v) is 10.3. The Bertz CT molecular complexity index is 3240. The summed E-state index contributed by atoms with van der Waals surface area (Å²) in [7, 11) is 0. The third-order valence-electron chi connectivity index (χ3n) is 10.3. The van der Waals surface area contributed by atoms with E-state index in [9.17, 15) is 0 Å². The molecule has 0 bridgehead atoms. The molecule has 1 aliphatic heterocycles. The van der Waals surface area contributed by atoms with Crippen LogP contribution in [0.3, 0.4) is 0 Å². The third kappa shape index (κ3) is 3.27. The number of aromatic nitrogens is 4. The summed E-state index contributed by atoms with van der Waals surface area (Å²) < 4.78 is 17.3. The van der Waals surface area contributed by atoms with Gasteiger partial charge in [-0.2, -0.15) is 0 Å². The van der Waals surface area contributed by atoms with Gasteiger partial charge in [0.25, 0.3) is 0 Å². The normalized spacial score (nSPS) is 12.6. The van der Waals surface area contributed by atoms with Crippen LogP contribution in [0.4, 0.5) is 0 Å². The van der Waals surface area contributed by atoms with Crippen molar-refractivity contribution >= 4 is 76.5 Å². The fourth-order valence-electron chi connectivity index (χ4n) is 8.31. The van der Waals surface area contributed by atoms with Crippen LogP contribution in [0.5, 0.6) is 11.5 Å². The summed E-state index contributed by atoms with van der Waals surface area (Å²) in [5.74, 6) is 2.20. The highest BCUT2D eigenvalue weighted by Crippen LogP contribution is 2.48. The van der Waals surface area contributed by atoms with Gasteiger partial charge >= 0.3 is 0 Å². The van der Waals surface area contributed by atoms with Gasteiger partial charge < -0.3 is 13.7 Å². The molecule has 0 radical (unpaired) electrons. The molecule has 0 unspecified atom stereocenters. The molecule has 0 spiro atoms. The van der Waals surface area contributed by atoms with Crippen LogP contribution < -0.4 is 4.74 Å². The second-order valence-corrected chi connectivity index (χ2v) is 12.9. The van der Waals surface area contributed by atoms with Crippen LogP contribution in [0, 0.1) is 0 Å². The molecule has 6 nitrogen and oxygen atoms in total. The highest BCUT2D eigenvalue weighted by atomic mass is 16.5. The molecular weight excluding hydrogens is 617 g/mol. The summed E-state index contributed by atoms with van der Waals surface area (Å²) in [6, 6.07) is 50.5. The number of rotatable bonds is 2. The van der Waals surface area contributed by atoms with Crippen LogP contribution in [0.15, 0.2) is 150 Å². The molecule has 1 aliphatic rings. The van der Waals surface area contributed by atoms with Crippen LogP contribution in [0.2, 0.25) is 0 Å². The first-order valence-corrected chi connectivity index (χ1v) is 16.8. The number of furan rings is 1. The molecule has 0 atom stereocenters. The Balaban J connectivity index is 1.27. The molecule has 12 rings (SSSR count). The van der Waals surface area contributed by atoms with Crippen molar-refractivity contribution in [1.29, 1.82) is 0 Å². The topological polar surface area (TPSA) is 58.0 Å². The lowest BCUT2D eigenvalue weighted by Crippen LogP contribution is -2.06. The van der Waals surface area contributed by atoms with E-state index in [4.69, 9.17) is 19.1 Å². The summed E-state index contributed by atoms with van der Waals surface area (Å²) in [5, 5.41) is 7.81. The van der Waals surface area contributed by atoms with Gasteiger partial charge in [-0.15, -0.1) is 0 Å². The van der Waals surface area contributed by atoms with E-state index < -0.39 is 0 Å². The highest BCUT2D eigenvalue weighted by Gasteiger charge is 2.27. The number of ether oxygens (including phenoxy) is 1. The van der Waals surface area contributed by atoms with Gasteiger partial charge in [-0.05, 0) is 66.7 Å². The maximum atomic E-state index is 6.40. The number of fused-ring (bicyclic) bond motifs is 13. The fraction of sp³-hybridized carbons (Fsp3) is 0. The Labute approximate surface area is 284 Å². The van der Waals surface area contributed by atoms with Crippen molar-refractivity contribution in [3.05, 3.63) is 146 Å². The molecular formula is C44H24N4O2. The molecule has 6 heteroatoms. The van der Waals surface area contributed by atoms with Crippen molar-refractivity contribution in [2.45, 2.75) is 0 Å². The molecule has 232 valence electrons. The van der Waals surface area contributed by atoms with Gasteiger partial charge in [0.2, 0.25) is 5.95 Å². The zero-order valence-corrected chi connectivity index (χ0v) is 26.5. The van der Waals surface area contributed by atoms with E-state index in [1.54, 1.807) is 0 Å². The highest BCUT2D eigenvalue weighted by molar-refractivity contribution is 6.32. The Morgan fingerprint density at radius 2 is 1.20 bits per heavy atom. The Morgan fingerprint density at radius 1 is 0.440 bits per heavy atom. The summed E-state index contributed by atoms with van der Waals surface area (Å²) in [6.45, 7) is 0. The monoisotopic (exact) mass is 640 g/mol. The van der Waals surface area contributed by atoms with Gasteiger partial charge in [0.15, 0.2) is 0 Å². The number of hydrogen-bond donors (Lipinski definition) is 0. The zero-order valence-electron chi connectivity index (χ0n) is 26.5. The summed E-state index contributed by atoms with van der Waals surface area (Å²) in [4.78, 5) is 10.6. The van der Waals surface area contributed by atoms with Gasteiger partial charge in [-0.1, -0.05) is 78.9 Å². The minimum atomic E-state index is 0.623. The second-order valence-electron chi connectivity index (χ2n) is 12.9. The van der Waals surface area contributed by atoms with E-state index in [2.05, 4.69) is 106 Å². The number of hydrogen-bond acceptors (Lipinski definition) is 4. The van der Waals surface area contributed by atoms with Crippen molar-refractivity contribution in [3.8, 4) is 34.4 Å². The molecule has 0 amide bonds. The number of benzene rings is 7.